The van der Waals surface area contributed by atoms with E-state index in [0.717, 1.165) is 21.2 Å². The highest BCUT2D eigenvalue weighted by molar-refractivity contribution is 7.10. The molecule has 0 saturated carbocycles. The molecule has 0 aromatic carbocycles. The molecule has 1 atom stereocenters. The fourth-order valence-corrected chi connectivity index (χ4v) is 2.83. The van der Waals surface area contributed by atoms with Crippen LogP contribution in [0.25, 0.3) is 0 Å². The van der Waals surface area contributed by atoms with Crippen LogP contribution in [0.3, 0.4) is 0 Å². The normalized spacial score (nSPS) is 12.7. The Balaban J connectivity index is 2.40. The topological polar surface area (TPSA) is 50.9 Å². The average Bonchev–Trinajstić information content (AvgIpc) is 2.67. The molecular formula is C11H12ClN3S. The highest BCUT2D eigenvalue weighted by Gasteiger charge is 2.16. The third-order valence-electron chi connectivity index (χ3n) is 2.33. The summed E-state index contributed by atoms with van der Waals surface area (Å²) in [5.74, 6) is 5.59. The molecule has 1 unspecified atom stereocenters. The van der Waals surface area contributed by atoms with Gasteiger partial charge in [-0.1, -0.05) is 11.6 Å². The van der Waals surface area contributed by atoms with E-state index >= 15 is 0 Å². The fourth-order valence-electron chi connectivity index (χ4n) is 1.58. The summed E-state index contributed by atoms with van der Waals surface area (Å²) in [5.41, 5.74) is 4.82. The van der Waals surface area contributed by atoms with Crippen LogP contribution in [-0.4, -0.2) is 4.98 Å². The summed E-state index contributed by atoms with van der Waals surface area (Å²) in [6, 6.07) is 5.74. The summed E-state index contributed by atoms with van der Waals surface area (Å²) < 4.78 is 0. The predicted octanol–water partition coefficient (Wildman–Crippen LogP) is 2.66. The second kappa shape index (κ2) is 4.93. The van der Waals surface area contributed by atoms with Gasteiger partial charge >= 0.3 is 0 Å². The van der Waals surface area contributed by atoms with Gasteiger partial charge in [0.25, 0.3) is 0 Å². The first-order chi connectivity index (χ1) is 7.72. The van der Waals surface area contributed by atoms with Crippen LogP contribution in [0, 0.1) is 6.92 Å². The maximum Gasteiger partial charge on any atom is 0.0818 e. The summed E-state index contributed by atoms with van der Waals surface area (Å²) in [5, 5.41) is 2.69. The molecule has 3 nitrogen and oxygen atoms in total. The lowest BCUT2D eigenvalue weighted by Crippen LogP contribution is -2.28. The average molecular weight is 254 g/mol. The summed E-state index contributed by atoms with van der Waals surface area (Å²) >= 11 is 7.69. The van der Waals surface area contributed by atoms with Crippen molar-refractivity contribution in [1.82, 2.24) is 10.4 Å². The molecular weight excluding hydrogens is 242 g/mol. The number of thiophene rings is 1. The number of hydrazine groups is 1. The van der Waals surface area contributed by atoms with E-state index in [1.54, 1.807) is 17.5 Å². The Morgan fingerprint density at radius 3 is 2.88 bits per heavy atom. The van der Waals surface area contributed by atoms with E-state index in [9.17, 15) is 0 Å². The van der Waals surface area contributed by atoms with Gasteiger partial charge in [0.05, 0.1) is 11.1 Å². The molecule has 0 fully saturated rings. The van der Waals surface area contributed by atoms with Crippen LogP contribution in [0.4, 0.5) is 0 Å². The Kier molecular flexibility index (Phi) is 3.56. The SMILES string of the molecule is Cc1cc(C(NN)c2sccc2Cl)ccn1. The first kappa shape index (κ1) is 11.5. The van der Waals surface area contributed by atoms with Gasteiger partial charge in [0.15, 0.2) is 0 Å². The van der Waals surface area contributed by atoms with E-state index in [-0.39, 0.29) is 6.04 Å². The first-order valence-corrected chi connectivity index (χ1v) is 6.09. The molecule has 0 aliphatic heterocycles. The minimum absolute atomic E-state index is 0.0748. The van der Waals surface area contributed by atoms with Gasteiger partial charge in [-0.25, -0.2) is 5.43 Å². The van der Waals surface area contributed by atoms with Gasteiger partial charge in [-0.05, 0) is 36.1 Å². The molecule has 2 aromatic rings. The Morgan fingerprint density at radius 2 is 2.31 bits per heavy atom. The summed E-state index contributed by atoms with van der Waals surface area (Å²) in [4.78, 5) is 5.19. The second-order valence-electron chi connectivity index (χ2n) is 3.46. The number of rotatable bonds is 3. The maximum absolute atomic E-state index is 6.10. The molecule has 0 aliphatic rings. The third-order valence-corrected chi connectivity index (χ3v) is 3.75. The van der Waals surface area contributed by atoms with Crippen molar-refractivity contribution >= 4 is 22.9 Å². The van der Waals surface area contributed by atoms with E-state index in [0.29, 0.717) is 0 Å². The zero-order valence-corrected chi connectivity index (χ0v) is 10.3. The van der Waals surface area contributed by atoms with E-state index < -0.39 is 0 Å². The molecule has 2 rings (SSSR count). The number of hydrogen-bond donors (Lipinski definition) is 2. The molecule has 0 spiro atoms. The Hall–Kier alpha value is -0.940. The molecule has 0 amide bonds. The van der Waals surface area contributed by atoms with Gasteiger partial charge in [-0.15, -0.1) is 11.3 Å². The van der Waals surface area contributed by atoms with E-state index in [1.165, 1.54) is 0 Å². The highest BCUT2D eigenvalue weighted by atomic mass is 35.5. The van der Waals surface area contributed by atoms with E-state index in [2.05, 4.69) is 10.4 Å². The number of aromatic nitrogens is 1. The zero-order valence-electron chi connectivity index (χ0n) is 8.77. The van der Waals surface area contributed by atoms with Gasteiger partial charge in [-0.3, -0.25) is 10.8 Å². The van der Waals surface area contributed by atoms with Gasteiger partial charge in [-0.2, -0.15) is 0 Å². The minimum atomic E-state index is -0.0748. The predicted molar refractivity (Wildman–Crippen MR) is 67.5 cm³/mol. The van der Waals surface area contributed by atoms with Crippen LogP contribution >= 0.6 is 22.9 Å². The van der Waals surface area contributed by atoms with Crippen molar-refractivity contribution in [2.75, 3.05) is 0 Å². The van der Waals surface area contributed by atoms with Crippen molar-refractivity contribution in [3.8, 4) is 0 Å². The number of nitrogens with two attached hydrogens (primary N) is 1. The van der Waals surface area contributed by atoms with Crippen LogP contribution in [0.1, 0.15) is 22.2 Å². The Morgan fingerprint density at radius 1 is 1.50 bits per heavy atom. The zero-order chi connectivity index (χ0) is 11.5. The molecule has 0 bridgehead atoms. The smallest absolute Gasteiger partial charge is 0.0818 e. The molecule has 0 aliphatic carbocycles. The number of nitrogens with one attached hydrogen (secondary N) is 1. The van der Waals surface area contributed by atoms with Crippen molar-refractivity contribution < 1.29 is 0 Å². The number of aryl methyl sites for hydroxylation is 1. The van der Waals surface area contributed by atoms with E-state index in [4.69, 9.17) is 17.4 Å². The molecule has 2 aromatic heterocycles. The van der Waals surface area contributed by atoms with Crippen LogP contribution in [0.5, 0.6) is 0 Å². The first-order valence-electron chi connectivity index (χ1n) is 4.84. The lowest BCUT2D eigenvalue weighted by atomic mass is 10.1. The molecule has 84 valence electrons. The number of halogens is 1. The van der Waals surface area contributed by atoms with Crippen molar-refractivity contribution in [3.05, 3.63) is 50.9 Å². The molecule has 2 heterocycles. The van der Waals surface area contributed by atoms with Crippen LogP contribution < -0.4 is 11.3 Å². The lowest BCUT2D eigenvalue weighted by Gasteiger charge is -2.15. The summed E-state index contributed by atoms with van der Waals surface area (Å²) in [7, 11) is 0. The number of hydrogen-bond acceptors (Lipinski definition) is 4. The lowest BCUT2D eigenvalue weighted by molar-refractivity contribution is 0.645. The summed E-state index contributed by atoms with van der Waals surface area (Å²) in [6.07, 6.45) is 1.77. The fraction of sp³-hybridized carbons (Fsp3) is 0.182. The van der Waals surface area contributed by atoms with Crippen molar-refractivity contribution in [3.63, 3.8) is 0 Å². The van der Waals surface area contributed by atoms with Gasteiger partial charge in [0, 0.05) is 16.8 Å². The largest absolute Gasteiger partial charge is 0.271 e. The van der Waals surface area contributed by atoms with Crippen LogP contribution in [0.2, 0.25) is 5.02 Å². The van der Waals surface area contributed by atoms with Crippen molar-refractivity contribution in [2.45, 2.75) is 13.0 Å². The molecule has 0 radical (unpaired) electrons. The minimum Gasteiger partial charge on any atom is -0.271 e. The molecule has 0 saturated heterocycles. The monoisotopic (exact) mass is 253 g/mol. The molecule has 3 N–H and O–H groups in total. The van der Waals surface area contributed by atoms with Gasteiger partial charge in [0.2, 0.25) is 0 Å². The number of nitrogens with zero attached hydrogens (tertiary/aromatic N) is 1. The van der Waals surface area contributed by atoms with E-state index in [1.807, 2.05) is 30.5 Å². The Labute approximate surface area is 103 Å². The molecule has 5 heteroatoms. The summed E-state index contributed by atoms with van der Waals surface area (Å²) in [6.45, 7) is 1.95. The van der Waals surface area contributed by atoms with Gasteiger partial charge in [0.1, 0.15) is 0 Å². The van der Waals surface area contributed by atoms with Crippen molar-refractivity contribution in [2.24, 2.45) is 5.84 Å². The number of pyridine rings is 1. The van der Waals surface area contributed by atoms with Gasteiger partial charge < -0.3 is 0 Å². The third kappa shape index (κ3) is 2.25. The van der Waals surface area contributed by atoms with Crippen LogP contribution in [-0.2, 0) is 0 Å². The Bertz CT molecular complexity index is 484. The quantitative estimate of drug-likeness (QED) is 0.653. The standard InChI is InChI=1S/C11H12ClN3S/c1-7-6-8(2-4-14-7)10(15-13)11-9(12)3-5-16-11/h2-6,10,15H,13H2,1H3. The maximum atomic E-state index is 6.10. The van der Waals surface area contributed by atoms with Crippen LogP contribution in [0.15, 0.2) is 29.8 Å². The highest BCUT2D eigenvalue weighted by Crippen LogP contribution is 2.32. The second-order valence-corrected chi connectivity index (χ2v) is 4.82. The molecule has 16 heavy (non-hydrogen) atoms. The van der Waals surface area contributed by atoms with Crippen molar-refractivity contribution in [1.29, 1.82) is 0 Å².